The van der Waals surface area contributed by atoms with Gasteiger partial charge in [-0.3, -0.25) is 4.79 Å². The highest BCUT2D eigenvalue weighted by Gasteiger charge is 2.28. The molecule has 94 valence electrons. The molecule has 1 aliphatic rings. The first-order valence-corrected chi connectivity index (χ1v) is 7.39. The van der Waals surface area contributed by atoms with Gasteiger partial charge in [0.1, 0.15) is 11.9 Å². The molecule has 2 rings (SSSR count). The number of thioether (sulfide) groups is 1. The van der Waals surface area contributed by atoms with Crippen molar-refractivity contribution in [2.75, 3.05) is 5.75 Å². The van der Waals surface area contributed by atoms with Gasteiger partial charge in [-0.1, -0.05) is 18.7 Å². The third kappa shape index (κ3) is 3.93. The minimum atomic E-state index is -0.787. The predicted molar refractivity (Wildman–Crippen MR) is 67.6 cm³/mol. The van der Waals surface area contributed by atoms with E-state index in [0.717, 1.165) is 29.4 Å². The summed E-state index contributed by atoms with van der Waals surface area (Å²) >= 11 is 2.81. The van der Waals surface area contributed by atoms with Crippen molar-refractivity contribution in [2.45, 2.75) is 42.6 Å². The zero-order valence-corrected chi connectivity index (χ0v) is 11.2. The number of nitrogens with zero attached hydrogens (tertiary/aromatic N) is 2. The highest BCUT2D eigenvalue weighted by atomic mass is 32.2. The van der Waals surface area contributed by atoms with E-state index in [0.29, 0.717) is 11.8 Å². The van der Waals surface area contributed by atoms with Crippen LogP contribution in [0.5, 0.6) is 0 Å². The summed E-state index contributed by atoms with van der Waals surface area (Å²) in [5.41, 5.74) is 0. The van der Waals surface area contributed by atoms with Gasteiger partial charge in [0.05, 0.1) is 0 Å². The number of aliphatic carboxylic acids is 1. The quantitative estimate of drug-likeness (QED) is 0.731. The molecule has 0 aromatic carbocycles. The van der Waals surface area contributed by atoms with Gasteiger partial charge in [0, 0.05) is 18.2 Å². The predicted octanol–water partition coefficient (Wildman–Crippen LogP) is 1.40. The van der Waals surface area contributed by atoms with E-state index in [9.17, 15) is 4.79 Å². The molecule has 2 N–H and O–H groups in total. The summed E-state index contributed by atoms with van der Waals surface area (Å²) in [5, 5.41) is 12.2. The van der Waals surface area contributed by atoms with Crippen molar-refractivity contribution in [2.24, 2.45) is 0 Å². The first kappa shape index (κ1) is 12.8. The average Bonchev–Trinajstić information content (AvgIpc) is 3.01. The molecule has 5 nitrogen and oxygen atoms in total. The van der Waals surface area contributed by atoms with E-state index in [1.807, 2.05) is 6.92 Å². The highest BCUT2D eigenvalue weighted by molar-refractivity contribution is 8.01. The van der Waals surface area contributed by atoms with E-state index in [4.69, 9.17) is 5.11 Å². The molecule has 1 saturated carbocycles. The van der Waals surface area contributed by atoms with Crippen molar-refractivity contribution in [1.82, 2.24) is 14.7 Å². The topological polar surface area (TPSA) is 75.1 Å². The first-order valence-electron chi connectivity index (χ1n) is 5.63. The summed E-state index contributed by atoms with van der Waals surface area (Å²) in [6.07, 6.45) is 3.00. The van der Waals surface area contributed by atoms with Crippen molar-refractivity contribution < 1.29 is 9.90 Å². The molecular weight excluding hydrogens is 258 g/mol. The molecule has 1 atom stereocenters. The Labute approximate surface area is 108 Å². The number of hydrogen-bond donors (Lipinski definition) is 2. The fraction of sp³-hybridized carbons (Fsp3) is 0.700. The van der Waals surface area contributed by atoms with Gasteiger partial charge in [-0.2, -0.15) is 4.37 Å². The number of aryl methyl sites for hydroxylation is 1. The number of carbonyl (C=O) groups is 1. The molecule has 0 bridgehead atoms. The summed E-state index contributed by atoms with van der Waals surface area (Å²) in [7, 11) is 0. The van der Waals surface area contributed by atoms with E-state index in [1.54, 1.807) is 0 Å². The van der Waals surface area contributed by atoms with Crippen LogP contribution in [0.1, 0.15) is 25.6 Å². The lowest BCUT2D eigenvalue weighted by molar-refractivity contribution is -0.138. The Morgan fingerprint density at radius 1 is 1.71 bits per heavy atom. The van der Waals surface area contributed by atoms with E-state index in [1.165, 1.54) is 23.3 Å². The van der Waals surface area contributed by atoms with Crippen LogP contribution in [0.15, 0.2) is 4.34 Å². The molecular formula is C10H15N3O2S2. The summed E-state index contributed by atoms with van der Waals surface area (Å²) in [6, 6.07) is -0.0844. The number of hydrogen-bond acceptors (Lipinski definition) is 6. The molecule has 1 aliphatic carbocycles. The zero-order valence-electron chi connectivity index (χ0n) is 9.55. The van der Waals surface area contributed by atoms with Crippen LogP contribution in [-0.2, 0) is 11.2 Å². The molecule has 17 heavy (non-hydrogen) atoms. The standard InChI is InChI=1S/C10H15N3O2S2/c1-2-8-12-10(17-13-8)16-5-7(9(14)15)11-6-3-4-6/h6-7,11H,2-5H2,1H3,(H,14,15). The molecule has 1 fully saturated rings. The van der Waals surface area contributed by atoms with Gasteiger partial charge in [0.25, 0.3) is 0 Å². The average molecular weight is 273 g/mol. The molecule has 1 unspecified atom stereocenters. The maximum Gasteiger partial charge on any atom is 0.321 e. The largest absolute Gasteiger partial charge is 0.480 e. The summed E-state index contributed by atoms with van der Waals surface area (Å²) < 4.78 is 5.03. The molecule has 0 saturated heterocycles. The molecule has 1 heterocycles. The van der Waals surface area contributed by atoms with Gasteiger partial charge in [-0.05, 0) is 24.4 Å². The van der Waals surface area contributed by atoms with Crippen LogP contribution in [0.4, 0.5) is 0 Å². The fourth-order valence-corrected chi connectivity index (χ4v) is 3.06. The number of aromatic nitrogens is 2. The van der Waals surface area contributed by atoms with Gasteiger partial charge >= 0.3 is 5.97 Å². The van der Waals surface area contributed by atoms with Crippen LogP contribution in [-0.4, -0.2) is 38.3 Å². The van der Waals surface area contributed by atoms with Crippen LogP contribution in [0.2, 0.25) is 0 Å². The van der Waals surface area contributed by atoms with Crippen LogP contribution in [0.25, 0.3) is 0 Å². The lowest BCUT2D eigenvalue weighted by Gasteiger charge is -2.11. The minimum Gasteiger partial charge on any atom is -0.480 e. The van der Waals surface area contributed by atoms with Gasteiger partial charge < -0.3 is 10.4 Å². The lowest BCUT2D eigenvalue weighted by atomic mass is 10.3. The van der Waals surface area contributed by atoms with Gasteiger partial charge in [-0.25, -0.2) is 4.98 Å². The highest BCUT2D eigenvalue weighted by Crippen LogP contribution is 2.24. The smallest absolute Gasteiger partial charge is 0.321 e. The Morgan fingerprint density at radius 3 is 3.00 bits per heavy atom. The SMILES string of the molecule is CCc1nsc(SCC(NC2CC2)C(=O)O)n1. The Morgan fingerprint density at radius 2 is 2.47 bits per heavy atom. The molecule has 0 amide bonds. The zero-order chi connectivity index (χ0) is 12.3. The third-order valence-corrected chi connectivity index (χ3v) is 4.42. The molecule has 0 spiro atoms. The molecule has 7 heteroatoms. The summed E-state index contributed by atoms with van der Waals surface area (Å²) in [6.45, 7) is 2.01. The maximum absolute atomic E-state index is 11.0. The second-order valence-electron chi connectivity index (χ2n) is 3.97. The van der Waals surface area contributed by atoms with Crippen molar-refractivity contribution in [1.29, 1.82) is 0 Å². The monoisotopic (exact) mass is 273 g/mol. The summed E-state index contributed by atoms with van der Waals surface area (Å²) in [5.74, 6) is 0.550. The number of rotatable bonds is 7. The van der Waals surface area contributed by atoms with Crippen LogP contribution >= 0.6 is 23.3 Å². The Balaban J connectivity index is 1.83. The Kier molecular flexibility index (Phi) is 4.36. The third-order valence-electron chi connectivity index (χ3n) is 2.45. The normalized spacial score (nSPS) is 17.0. The second-order valence-corrected chi connectivity index (χ2v) is 5.99. The van der Waals surface area contributed by atoms with Crippen molar-refractivity contribution in [3.05, 3.63) is 5.82 Å². The maximum atomic E-state index is 11.0. The van der Waals surface area contributed by atoms with Gasteiger partial charge in [-0.15, -0.1) is 0 Å². The molecule has 1 aromatic heterocycles. The summed E-state index contributed by atoms with van der Waals surface area (Å²) in [4.78, 5) is 15.3. The van der Waals surface area contributed by atoms with Crippen LogP contribution in [0.3, 0.4) is 0 Å². The number of carboxylic acid groups (broad SMARTS) is 1. The first-order chi connectivity index (χ1) is 8.19. The fourth-order valence-electron chi connectivity index (χ4n) is 1.32. The van der Waals surface area contributed by atoms with Crippen LogP contribution < -0.4 is 5.32 Å². The van der Waals surface area contributed by atoms with Crippen molar-refractivity contribution >= 4 is 29.3 Å². The van der Waals surface area contributed by atoms with Gasteiger partial charge in [0.2, 0.25) is 0 Å². The minimum absolute atomic E-state index is 0.400. The van der Waals surface area contributed by atoms with E-state index in [-0.39, 0.29) is 0 Å². The lowest BCUT2D eigenvalue weighted by Crippen LogP contribution is -2.40. The van der Waals surface area contributed by atoms with Gasteiger partial charge in [0.15, 0.2) is 4.34 Å². The molecule has 1 aromatic rings. The number of carboxylic acids is 1. The van der Waals surface area contributed by atoms with Crippen molar-refractivity contribution in [3.63, 3.8) is 0 Å². The van der Waals surface area contributed by atoms with Crippen molar-refractivity contribution in [3.8, 4) is 0 Å². The van der Waals surface area contributed by atoms with E-state index < -0.39 is 12.0 Å². The second kappa shape index (κ2) is 5.79. The Bertz CT molecular complexity index is 393. The molecule has 0 aliphatic heterocycles. The van der Waals surface area contributed by atoms with E-state index >= 15 is 0 Å². The van der Waals surface area contributed by atoms with Crippen LogP contribution in [0, 0.1) is 0 Å². The molecule has 0 radical (unpaired) electrons. The van der Waals surface area contributed by atoms with E-state index in [2.05, 4.69) is 14.7 Å². The Hall–Kier alpha value is -0.660. The number of nitrogens with one attached hydrogen (secondary N) is 1.